The van der Waals surface area contributed by atoms with Gasteiger partial charge in [0.1, 0.15) is 11.6 Å². The number of carboxylic acids is 1. The number of carboxylic acid groups (broad SMARTS) is 1. The van der Waals surface area contributed by atoms with Crippen LogP contribution < -0.4 is 4.74 Å². The standard InChI is InChI=1S/C18H14ClNO3S/c1-11-2-6-13(7-3-11)17-20-16(15(24-17)18(21)22)23-10-12-4-8-14(19)9-5-12/h2-9H,10H2,1H3,(H,21,22). The molecule has 1 aromatic heterocycles. The average molecular weight is 360 g/mol. The van der Waals surface area contributed by atoms with Crippen LogP contribution in [-0.4, -0.2) is 16.1 Å². The van der Waals surface area contributed by atoms with E-state index < -0.39 is 5.97 Å². The maximum absolute atomic E-state index is 11.4. The summed E-state index contributed by atoms with van der Waals surface area (Å²) in [6, 6.07) is 14.9. The highest BCUT2D eigenvalue weighted by Crippen LogP contribution is 2.33. The van der Waals surface area contributed by atoms with E-state index in [0.717, 1.165) is 28.0 Å². The van der Waals surface area contributed by atoms with Gasteiger partial charge < -0.3 is 9.84 Å². The van der Waals surface area contributed by atoms with Crippen LogP contribution in [0, 0.1) is 6.92 Å². The number of benzene rings is 2. The molecule has 3 rings (SSSR count). The predicted octanol–water partition coefficient (Wildman–Crippen LogP) is 5.05. The van der Waals surface area contributed by atoms with Crippen LogP contribution in [0.25, 0.3) is 10.6 Å². The molecule has 0 aliphatic heterocycles. The van der Waals surface area contributed by atoms with Crippen LogP contribution in [0.4, 0.5) is 0 Å². The highest BCUT2D eigenvalue weighted by atomic mass is 35.5. The van der Waals surface area contributed by atoms with Crippen LogP contribution in [0.2, 0.25) is 5.02 Å². The van der Waals surface area contributed by atoms with Gasteiger partial charge in [0.05, 0.1) is 0 Å². The van der Waals surface area contributed by atoms with Crippen molar-refractivity contribution in [2.24, 2.45) is 0 Å². The molecule has 0 saturated heterocycles. The molecule has 0 saturated carbocycles. The van der Waals surface area contributed by atoms with E-state index in [9.17, 15) is 9.90 Å². The Morgan fingerprint density at radius 3 is 2.46 bits per heavy atom. The van der Waals surface area contributed by atoms with E-state index in [1.165, 1.54) is 0 Å². The van der Waals surface area contributed by atoms with E-state index in [1.807, 2.05) is 43.3 Å². The summed E-state index contributed by atoms with van der Waals surface area (Å²) in [5.74, 6) is -0.907. The summed E-state index contributed by atoms with van der Waals surface area (Å²) < 4.78 is 5.63. The number of thiazole rings is 1. The topological polar surface area (TPSA) is 59.4 Å². The van der Waals surface area contributed by atoms with Crippen LogP contribution >= 0.6 is 22.9 Å². The molecule has 6 heteroatoms. The van der Waals surface area contributed by atoms with Gasteiger partial charge in [0.2, 0.25) is 5.88 Å². The SMILES string of the molecule is Cc1ccc(-c2nc(OCc3ccc(Cl)cc3)c(C(=O)O)s2)cc1. The van der Waals surface area contributed by atoms with Crippen molar-refractivity contribution in [1.82, 2.24) is 4.98 Å². The second kappa shape index (κ2) is 7.03. The second-order valence-electron chi connectivity index (χ2n) is 5.24. The fourth-order valence-electron chi connectivity index (χ4n) is 2.09. The van der Waals surface area contributed by atoms with Crippen molar-refractivity contribution < 1.29 is 14.6 Å². The van der Waals surface area contributed by atoms with Crippen LogP contribution in [0.1, 0.15) is 20.8 Å². The molecule has 0 unspecified atom stereocenters. The molecule has 0 spiro atoms. The first-order chi connectivity index (χ1) is 11.5. The number of aromatic carboxylic acids is 1. The van der Waals surface area contributed by atoms with Crippen molar-refractivity contribution in [1.29, 1.82) is 0 Å². The fourth-order valence-corrected chi connectivity index (χ4v) is 3.07. The summed E-state index contributed by atoms with van der Waals surface area (Å²) in [5.41, 5.74) is 2.89. The highest BCUT2D eigenvalue weighted by Gasteiger charge is 2.19. The molecule has 122 valence electrons. The van der Waals surface area contributed by atoms with Gasteiger partial charge in [-0.15, -0.1) is 11.3 Å². The lowest BCUT2D eigenvalue weighted by Crippen LogP contribution is -2.01. The van der Waals surface area contributed by atoms with E-state index in [4.69, 9.17) is 16.3 Å². The number of halogens is 1. The molecule has 2 aromatic carbocycles. The molecule has 0 fully saturated rings. The maximum atomic E-state index is 11.4. The van der Waals surface area contributed by atoms with E-state index in [1.54, 1.807) is 12.1 Å². The van der Waals surface area contributed by atoms with Crippen LogP contribution in [0.5, 0.6) is 5.88 Å². The number of hydrogen-bond donors (Lipinski definition) is 1. The molecule has 3 aromatic rings. The average Bonchev–Trinajstić information content (AvgIpc) is 2.99. The van der Waals surface area contributed by atoms with Gasteiger partial charge in [0.15, 0.2) is 4.88 Å². The molecule has 0 atom stereocenters. The third-order valence-electron chi connectivity index (χ3n) is 3.38. The number of ether oxygens (including phenoxy) is 1. The minimum atomic E-state index is -1.04. The van der Waals surface area contributed by atoms with Crippen LogP contribution in [0.15, 0.2) is 48.5 Å². The Bertz CT molecular complexity index is 857. The highest BCUT2D eigenvalue weighted by molar-refractivity contribution is 7.17. The lowest BCUT2D eigenvalue weighted by atomic mass is 10.2. The fraction of sp³-hybridized carbons (Fsp3) is 0.111. The van der Waals surface area contributed by atoms with E-state index in [0.29, 0.717) is 10.0 Å². The summed E-state index contributed by atoms with van der Waals surface area (Å²) in [4.78, 5) is 15.9. The smallest absolute Gasteiger partial charge is 0.351 e. The zero-order chi connectivity index (χ0) is 17.1. The van der Waals surface area contributed by atoms with Crippen molar-refractivity contribution in [2.75, 3.05) is 0 Å². The second-order valence-corrected chi connectivity index (χ2v) is 6.68. The van der Waals surface area contributed by atoms with Crippen molar-refractivity contribution in [2.45, 2.75) is 13.5 Å². The number of aromatic nitrogens is 1. The molecule has 0 aliphatic carbocycles. The summed E-state index contributed by atoms with van der Waals surface area (Å²) >= 11 is 6.96. The van der Waals surface area contributed by atoms with Gasteiger partial charge in [-0.25, -0.2) is 9.78 Å². The molecule has 0 aliphatic rings. The molecular formula is C18H14ClNO3S. The van der Waals surface area contributed by atoms with E-state index in [2.05, 4.69) is 4.98 Å². The van der Waals surface area contributed by atoms with Gasteiger partial charge in [-0.3, -0.25) is 0 Å². The summed E-state index contributed by atoms with van der Waals surface area (Å²) in [6.45, 7) is 2.23. The largest absolute Gasteiger partial charge is 0.477 e. The first-order valence-corrected chi connectivity index (χ1v) is 8.41. The molecular weight excluding hydrogens is 346 g/mol. The normalized spacial score (nSPS) is 10.6. The Morgan fingerprint density at radius 1 is 1.17 bits per heavy atom. The monoisotopic (exact) mass is 359 g/mol. The lowest BCUT2D eigenvalue weighted by Gasteiger charge is -2.04. The van der Waals surface area contributed by atoms with Gasteiger partial charge in [0, 0.05) is 10.6 Å². The Morgan fingerprint density at radius 2 is 1.83 bits per heavy atom. The van der Waals surface area contributed by atoms with Gasteiger partial charge in [-0.1, -0.05) is 53.6 Å². The Hall–Kier alpha value is -2.37. The number of nitrogens with zero attached hydrogens (tertiary/aromatic N) is 1. The van der Waals surface area contributed by atoms with Crippen molar-refractivity contribution >= 4 is 28.9 Å². The maximum Gasteiger partial charge on any atom is 0.351 e. The number of carbonyl (C=O) groups is 1. The molecule has 24 heavy (non-hydrogen) atoms. The van der Waals surface area contributed by atoms with Gasteiger partial charge in [0.25, 0.3) is 0 Å². The third-order valence-corrected chi connectivity index (χ3v) is 4.70. The lowest BCUT2D eigenvalue weighted by molar-refractivity contribution is 0.0697. The van der Waals surface area contributed by atoms with Gasteiger partial charge >= 0.3 is 5.97 Å². The Kier molecular flexibility index (Phi) is 4.83. The minimum absolute atomic E-state index is 0.0968. The van der Waals surface area contributed by atoms with Gasteiger partial charge in [-0.2, -0.15) is 0 Å². The Labute approximate surface area is 148 Å². The first-order valence-electron chi connectivity index (χ1n) is 7.21. The molecule has 0 radical (unpaired) electrons. The number of hydrogen-bond acceptors (Lipinski definition) is 4. The molecule has 0 bridgehead atoms. The third kappa shape index (κ3) is 3.75. The zero-order valence-electron chi connectivity index (χ0n) is 12.8. The van der Waals surface area contributed by atoms with Gasteiger partial charge in [-0.05, 0) is 24.6 Å². The van der Waals surface area contributed by atoms with E-state index in [-0.39, 0.29) is 17.4 Å². The predicted molar refractivity (Wildman–Crippen MR) is 95.0 cm³/mol. The van der Waals surface area contributed by atoms with Crippen LogP contribution in [-0.2, 0) is 6.61 Å². The number of rotatable bonds is 5. The molecule has 1 N–H and O–H groups in total. The van der Waals surface area contributed by atoms with Crippen molar-refractivity contribution in [3.05, 3.63) is 69.6 Å². The summed E-state index contributed by atoms with van der Waals surface area (Å²) in [7, 11) is 0. The molecule has 1 heterocycles. The van der Waals surface area contributed by atoms with E-state index >= 15 is 0 Å². The Balaban J connectivity index is 1.85. The zero-order valence-corrected chi connectivity index (χ0v) is 14.4. The minimum Gasteiger partial charge on any atom is -0.477 e. The summed E-state index contributed by atoms with van der Waals surface area (Å²) in [5, 5.41) is 10.6. The van der Waals surface area contributed by atoms with Crippen LogP contribution in [0.3, 0.4) is 0 Å². The molecule has 0 amide bonds. The first kappa shape index (κ1) is 16.5. The van der Waals surface area contributed by atoms with Crippen molar-refractivity contribution in [3.8, 4) is 16.5 Å². The molecule has 4 nitrogen and oxygen atoms in total. The quantitative estimate of drug-likeness (QED) is 0.692. The summed E-state index contributed by atoms with van der Waals surface area (Å²) in [6.07, 6.45) is 0. The van der Waals surface area contributed by atoms with Crippen molar-refractivity contribution in [3.63, 3.8) is 0 Å². The number of aryl methyl sites for hydroxylation is 1.